The lowest BCUT2D eigenvalue weighted by Gasteiger charge is -2.61. The van der Waals surface area contributed by atoms with E-state index >= 15 is 0 Å². The molecule has 2 heteroatoms. The highest BCUT2D eigenvalue weighted by atomic mass is 14.9. The van der Waals surface area contributed by atoms with Gasteiger partial charge >= 0.3 is 0 Å². The fraction of sp³-hybridized carbons (Fsp3) is 0.167. The van der Waals surface area contributed by atoms with E-state index in [0.717, 1.165) is 57.6 Å². The van der Waals surface area contributed by atoms with Crippen LogP contribution in [0.2, 0.25) is 0 Å². The van der Waals surface area contributed by atoms with Crippen LogP contribution in [0, 0.1) is 23.7 Å². The van der Waals surface area contributed by atoms with Crippen LogP contribution in [0.25, 0.3) is 89.2 Å². The molecule has 14 rings (SSSR count). The Kier molecular flexibility index (Phi) is 8.13. The minimum absolute atomic E-state index is 0.129. The normalized spacial score (nSPS) is 21.6. The van der Waals surface area contributed by atoms with Gasteiger partial charge in [0.25, 0.3) is 0 Å². The van der Waals surface area contributed by atoms with E-state index in [0.29, 0.717) is 0 Å². The summed E-state index contributed by atoms with van der Waals surface area (Å²) in [6.45, 7) is 0. The molecule has 62 heavy (non-hydrogen) atoms. The van der Waals surface area contributed by atoms with Crippen molar-refractivity contribution in [3.05, 3.63) is 205 Å². The van der Waals surface area contributed by atoms with Crippen LogP contribution in [0.1, 0.15) is 43.2 Å². The second kappa shape index (κ2) is 14.1. The fourth-order valence-corrected chi connectivity index (χ4v) is 12.8. The van der Waals surface area contributed by atoms with E-state index in [1.54, 1.807) is 11.1 Å². The summed E-state index contributed by atoms with van der Waals surface area (Å²) in [5.74, 6) is 4.03. The molecule has 4 fully saturated rings. The summed E-state index contributed by atoms with van der Waals surface area (Å²) in [6, 6.07) is 71.3. The Bertz CT molecular complexity index is 3150. The lowest BCUT2D eigenvalue weighted by atomic mass is 9.43. The minimum atomic E-state index is 0.129. The summed E-state index contributed by atoms with van der Waals surface area (Å²) in [4.78, 5) is 10.3. The Labute approximate surface area is 364 Å². The van der Waals surface area contributed by atoms with E-state index in [1.807, 2.05) is 6.07 Å². The number of hydrogen-bond acceptors (Lipinski definition) is 2. The summed E-state index contributed by atoms with van der Waals surface area (Å²) < 4.78 is 0. The number of benzene rings is 8. The van der Waals surface area contributed by atoms with Gasteiger partial charge in [0.15, 0.2) is 5.82 Å². The van der Waals surface area contributed by atoms with E-state index < -0.39 is 0 Å². The average molecular weight is 795 g/mol. The number of nitrogens with zero attached hydrogens (tertiary/aromatic N) is 2. The molecule has 5 aliphatic rings. The third kappa shape index (κ3) is 5.62. The van der Waals surface area contributed by atoms with Gasteiger partial charge in [-0.2, -0.15) is 0 Å². The molecule has 1 heterocycles. The largest absolute Gasteiger partial charge is 0.228 e. The number of fused-ring (bicyclic) bond motifs is 4. The Hall–Kier alpha value is -6.90. The highest BCUT2D eigenvalue weighted by Crippen LogP contribution is 2.70. The molecule has 4 saturated carbocycles. The first-order chi connectivity index (χ1) is 30.7. The second-order valence-corrected chi connectivity index (χ2v) is 18.6. The molecule has 8 aromatic carbocycles. The SMILES string of the molecule is c1ccc(-c2cccc(-c3cc(-c4cccc(-c5ccc(-c6cccc7c6-c6cc8ccccc8cc6C76C7CC8CC(C7)CC6C8)cc5)c4)nc(-c4ccccc4)n3)c2)cc1. The zero-order valence-electron chi connectivity index (χ0n) is 34.7. The highest BCUT2D eigenvalue weighted by molar-refractivity contribution is 5.99. The van der Waals surface area contributed by atoms with Crippen molar-refractivity contribution in [1.82, 2.24) is 9.97 Å². The maximum absolute atomic E-state index is 5.19. The van der Waals surface area contributed by atoms with Gasteiger partial charge in [-0.25, -0.2) is 9.97 Å². The molecule has 5 aliphatic carbocycles. The number of hydrogen-bond donors (Lipinski definition) is 0. The minimum Gasteiger partial charge on any atom is -0.228 e. The van der Waals surface area contributed by atoms with Crippen LogP contribution < -0.4 is 0 Å². The van der Waals surface area contributed by atoms with Crippen molar-refractivity contribution < 1.29 is 0 Å². The van der Waals surface area contributed by atoms with Crippen LogP contribution in [-0.2, 0) is 5.41 Å². The Morgan fingerprint density at radius 2 is 0.839 bits per heavy atom. The van der Waals surface area contributed by atoms with Gasteiger partial charge in [-0.15, -0.1) is 0 Å². The molecule has 9 aromatic rings. The summed E-state index contributed by atoms with van der Waals surface area (Å²) in [6.07, 6.45) is 7.03. The molecular formula is C60H46N2. The van der Waals surface area contributed by atoms with Crippen LogP contribution in [0.15, 0.2) is 194 Å². The van der Waals surface area contributed by atoms with Crippen molar-refractivity contribution in [1.29, 1.82) is 0 Å². The van der Waals surface area contributed by atoms with E-state index in [2.05, 4.69) is 188 Å². The van der Waals surface area contributed by atoms with E-state index in [4.69, 9.17) is 9.97 Å². The standard InChI is InChI=1S/C60H46N2/c1-3-12-40(13-4-1)44-18-9-20-48(33-44)56-37-57(62-59(61-56)43-14-5-2-6-15-43)49-21-10-19-45(34-49)41-24-26-42(27-25-41)52-22-11-23-54-58(52)53-35-46-16-7-8-17-47(46)36-55(53)60(54)50-29-38-28-39(31-50)32-51(60)30-38/h1-27,33-39,50-51H,28-32H2. The van der Waals surface area contributed by atoms with Gasteiger partial charge in [0.1, 0.15) is 0 Å². The smallest absolute Gasteiger partial charge is 0.160 e. The monoisotopic (exact) mass is 794 g/mol. The molecule has 1 aromatic heterocycles. The van der Waals surface area contributed by atoms with Gasteiger partial charge in [0, 0.05) is 22.1 Å². The lowest BCUT2D eigenvalue weighted by molar-refractivity contribution is -0.0398. The fourth-order valence-electron chi connectivity index (χ4n) is 12.8. The van der Waals surface area contributed by atoms with Crippen LogP contribution in [0.3, 0.4) is 0 Å². The van der Waals surface area contributed by atoms with Crippen LogP contribution in [0.5, 0.6) is 0 Å². The Balaban J connectivity index is 0.888. The van der Waals surface area contributed by atoms with Crippen molar-refractivity contribution in [2.45, 2.75) is 37.5 Å². The zero-order valence-corrected chi connectivity index (χ0v) is 34.7. The van der Waals surface area contributed by atoms with Crippen LogP contribution >= 0.6 is 0 Å². The summed E-state index contributed by atoms with van der Waals surface area (Å²) in [5, 5.41) is 2.72. The first-order valence-corrected chi connectivity index (χ1v) is 22.6. The molecule has 0 saturated heterocycles. The molecular weight excluding hydrogens is 749 g/mol. The van der Waals surface area contributed by atoms with Gasteiger partial charge in [-0.3, -0.25) is 0 Å². The van der Waals surface area contributed by atoms with Gasteiger partial charge in [0.05, 0.1) is 11.4 Å². The number of rotatable bonds is 6. The molecule has 0 radical (unpaired) electrons. The first kappa shape index (κ1) is 35.8. The van der Waals surface area contributed by atoms with Gasteiger partial charge in [-0.1, -0.05) is 164 Å². The third-order valence-electron chi connectivity index (χ3n) is 15.2. The van der Waals surface area contributed by atoms with E-state index in [1.165, 1.54) is 87.4 Å². The predicted octanol–water partition coefficient (Wildman–Crippen LogP) is 15.4. The number of aromatic nitrogens is 2. The summed E-state index contributed by atoms with van der Waals surface area (Å²) in [5.41, 5.74) is 18.6. The molecule has 0 atom stereocenters. The first-order valence-electron chi connectivity index (χ1n) is 22.6. The van der Waals surface area contributed by atoms with E-state index in [-0.39, 0.29) is 5.41 Å². The Morgan fingerprint density at radius 1 is 0.339 bits per heavy atom. The molecule has 0 N–H and O–H groups in total. The topological polar surface area (TPSA) is 25.8 Å². The average Bonchev–Trinajstić information content (AvgIpc) is 3.62. The molecule has 1 spiro atoms. The lowest BCUT2D eigenvalue weighted by Crippen LogP contribution is -2.55. The van der Waals surface area contributed by atoms with Gasteiger partial charge in [-0.05, 0) is 153 Å². The molecule has 2 nitrogen and oxygen atoms in total. The molecule has 0 aliphatic heterocycles. The van der Waals surface area contributed by atoms with Crippen molar-refractivity contribution in [3.63, 3.8) is 0 Å². The van der Waals surface area contributed by atoms with Crippen LogP contribution in [-0.4, -0.2) is 9.97 Å². The Morgan fingerprint density at radius 3 is 1.47 bits per heavy atom. The third-order valence-corrected chi connectivity index (χ3v) is 15.2. The highest BCUT2D eigenvalue weighted by Gasteiger charge is 2.61. The predicted molar refractivity (Wildman–Crippen MR) is 255 cm³/mol. The van der Waals surface area contributed by atoms with Crippen molar-refractivity contribution >= 4 is 10.8 Å². The molecule has 4 bridgehead atoms. The quantitative estimate of drug-likeness (QED) is 0.168. The van der Waals surface area contributed by atoms with Gasteiger partial charge < -0.3 is 0 Å². The van der Waals surface area contributed by atoms with E-state index in [9.17, 15) is 0 Å². The van der Waals surface area contributed by atoms with Gasteiger partial charge in [0.2, 0.25) is 0 Å². The van der Waals surface area contributed by atoms with Crippen LogP contribution in [0.4, 0.5) is 0 Å². The maximum atomic E-state index is 5.19. The molecule has 0 unspecified atom stereocenters. The molecule has 0 amide bonds. The summed E-state index contributed by atoms with van der Waals surface area (Å²) >= 11 is 0. The second-order valence-electron chi connectivity index (χ2n) is 18.6. The van der Waals surface area contributed by atoms with Crippen molar-refractivity contribution in [2.75, 3.05) is 0 Å². The van der Waals surface area contributed by atoms with Crippen molar-refractivity contribution in [3.8, 4) is 78.4 Å². The van der Waals surface area contributed by atoms with Crippen molar-refractivity contribution in [2.24, 2.45) is 23.7 Å². The molecule has 296 valence electrons. The summed E-state index contributed by atoms with van der Waals surface area (Å²) in [7, 11) is 0. The maximum Gasteiger partial charge on any atom is 0.160 e. The zero-order chi connectivity index (χ0) is 40.8.